The van der Waals surface area contributed by atoms with Gasteiger partial charge in [0.15, 0.2) is 5.15 Å². The Hall–Kier alpha value is -1.34. The highest BCUT2D eigenvalue weighted by atomic mass is 79.9. The molecule has 1 saturated heterocycles. The van der Waals surface area contributed by atoms with E-state index in [9.17, 15) is 15.5 Å². The molecule has 0 amide bonds. The molecule has 174 valence electrons. The number of methoxy groups -OCH3 is 1. The fraction of sp³-hybridized carbons (Fsp3) is 0.389. The topological polar surface area (TPSA) is 139 Å². The Morgan fingerprint density at radius 3 is 2.85 bits per heavy atom. The number of aliphatic hydroxyl groups excluding tert-OH is 2. The van der Waals surface area contributed by atoms with Crippen LogP contribution in [0.1, 0.15) is 11.3 Å². The average Bonchev–Trinajstić information content (AvgIpc) is 3.42. The summed E-state index contributed by atoms with van der Waals surface area (Å²) in [5.74, 6) is 0. The lowest BCUT2D eigenvalue weighted by atomic mass is 9.75. The Kier molecular flexibility index (Phi) is 7.30. The van der Waals surface area contributed by atoms with E-state index in [1.807, 2.05) is 6.07 Å². The molecule has 4 rings (SSSR count). The summed E-state index contributed by atoms with van der Waals surface area (Å²) in [5.41, 5.74) is -1.94. The molecule has 10 nitrogen and oxygen atoms in total. The maximum Gasteiger partial charge on any atom is 0.159 e. The highest BCUT2D eigenvalue weighted by Crippen LogP contribution is 2.45. The van der Waals surface area contributed by atoms with Crippen LogP contribution in [0.3, 0.4) is 0 Å². The van der Waals surface area contributed by atoms with Gasteiger partial charge in [-0.05, 0) is 22.0 Å². The fourth-order valence-electron chi connectivity index (χ4n) is 3.90. The quantitative estimate of drug-likeness (QED) is 0.381. The normalized spacial score (nSPS) is 27.5. The third-order valence-corrected chi connectivity index (χ3v) is 7.86. The van der Waals surface area contributed by atoms with Crippen LogP contribution in [0.15, 0.2) is 22.9 Å². The molecule has 3 aromatic heterocycles. The summed E-state index contributed by atoms with van der Waals surface area (Å²) in [6.07, 6.45) is -0.543. The first-order valence-electron chi connectivity index (χ1n) is 9.24. The van der Waals surface area contributed by atoms with Gasteiger partial charge < -0.3 is 19.7 Å². The van der Waals surface area contributed by atoms with Gasteiger partial charge in [-0.2, -0.15) is 5.26 Å². The van der Waals surface area contributed by atoms with Crippen LogP contribution in [0.25, 0.3) is 10.7 Å². The number of pyridine rings is 1. The summed E-state index contributed by atoms with van der Waals surface area (Å²) >= 11 is 21.0. The van der Waals surface area contributed by atoms with E-state index in [-0.39, 0.29) is 20.7 Å². The van der Waals surface area contributed by atoms with Gasteiger partial charge in [0.05, 0.1) is 12.8 Å². The van der Waals surface area contributed by atoms with Crippen molar-refractivity contribution in [2.45, 2.75) is 29.3 Å². The van der Waals surface area contributed by atoms with E-state index in [0.717, 1.165) is 11.3 Å². The zero-order valence-corrected chi connectivity index (χ0v) is 21.4. The predicted molar refractivity (Wildman–Crippen MR) is 126 cm³/mol. The van der Waals surface area contributed by atoms with Gasteiger partial charge in [-0.25, -0.2) is 14.6 Å². The number of thiol groups is 1. The maximum absolute atomic E-state index is 11.5. The first-order valence-corrected chi connectivity index (χ1v) is 12.1. The predicted octanol–water partition coefficient (Wildman–Crippen LogP) is 2.50. The molecule has 1 fully saturated rings. The first-order chi connectivity index (χ1) is 15.8. The minimum atomic E-state index is -1.62. The summed E-state index contributed by atoms with van der Waals surface area (Å²) < 4.78 is 13.6. The smallest absolute Gasteiger partial charge is 0.159 e. The number of aromatic nitrogens is 5. The number of ether oxygens (including phenoxy) is 2. The van der Waals surface area contributed by atoms with Crippen LogP contribution in [0.4, 0.5) is 0 Å². The number of rotatable bonds is 5. The monoisotopic (exact) mass is 592 g/mol. The number of nitrogens with zero attached hydrogens (tertiary/aromatic N) is 6. The second kappa shape index (κ2) is 9.73. The van der Waals surface area contributed by atoms with Gasteiger partial charge in [-0.1, -0.05) is 39.8 Å². The van der Waals surface area contributed by atoms with Crippen molar-refractivity contribution >= 4 is 63.1 Å². The molecule has 4 heterocycles. The molecule has 0 saturated carbocycles. The standard InChI is InChI=1S/C18H15BrCl2N6O4S2/c1-30-13-17(32)31-11(6-28)12(29)18(13,8-2-7(19)4-23-9(8)3-22)27-5-10(25-26-27)16-24-14(20)15(21)33-16/h2,4-5,11-13,17,28-29,32H,6H2,1H3/t11-,12+,13+,17-,18+/m0/s1. The fourth-order valence-corrected chi connectivity index (χ4v) is 5.89. The SMILES string of the molecule is CO[C@@H]1[C@H](S)O[C@@H](CO)[C@@H](O)[C@@]1(c1cc(Br)cnc1C#N)n1cc(-c2nc(Cl)c(Cl)s2)nn1. The number of nitriles is 1. The van der Waals surface area contributed by atoms with Crippen molar-refractivity contribution in [1.29, 1.82) is 5.26 Å². The number of hydrogen-bond donors (Lipinski definition) is 3. The van der Waals surface area contributed by atoms with Crippen LogP contribution in [0.2, 0.25) is 9.49 Å². The number of halogens is 3. The molecule has 33 heavy (non-hydrogen) atoms. The minimum absolute atomic E-state index is 0.0100. The first kappa shape index (κ1) is 24.8. The highest BCUT2D eigenvalue weighted by molar-refractivity contribution is 9.10. The third-order valence-electron chi connectivity index (χ3n) is 5.28. The van der Waals surface area contributed by atoms with Crippen molar-refractivity contribution in [3.05, 3.63) is 43.7 Å². The molecule has 0 spiro atoms. The van der Waals surface area contributed by atoms with Gasteiger partial charge in [0.1, 0.15) is 56.1 Å². The summed E-state index contributed by atoms with van der Waals surface area (Å²) in [4.78, 5) is 8.37. The summed E-state index contributed by atoms with van der Waals surface area (Å²) in [5, 5.41) is 40.2. The Balaban J connectivity index is 2.02. The van der Waals surface area contributed by atoms with Crippen molar-refractivity contribution in [2.24, 2.45) is 0 Å². The van der Waals surface area contributed by atoms with Crippen LogP contribution in [0.5, 0.6) is 0 Å². The van der Waals surface area contributed by atoms with Gasteiger partial charge in [-0.3, -0.25) is 0 Å². The summed E-state index contributed by atoms with van der Waals surface area (Å²) in [6.45, 7) is -0.529. The molecule has 0 radical (unpaired) electrons. The zero-order valence-electron chi connectivity index (χ0n) is 16.6. The molecule has 0 aliphatic carbocycles. The van der Waals surface area contributed by atoms with E-state index in [1.165, 1.54) is 24.2 Å². The van der Waals surface area contributed by atoms with E-state index >= 15 is 0 Å². The van der Waals surface area contributed by atoms with Crippen molar-refractivity contribution in [3.8, 4) is 16.8 Å². The van der Waals surface area contributed by atoms with Crippen LogP contribution >= 0.6 is 63.1 Å². The summed E-state index contributed by atoms with van der Waals surface area (Å²) in [7, 11) is 1.41. The molecular weight excluding hydrogens is 579 g/mol. The Labute approximate surface area is 215 Å². The summed E-state index contributed by atoms with van der Waals surface area (Å²) in [6, 6.07) is 3.67. The van der Waals surface area contributed by atoms with Crippen molar-refractivity contribution < 1.29 is 19.7 Å². The molecule has 0 bridgehead atoms. The molecule has 2 N–H and O–H groups in total. The van der Waals surface area contributed by atoms with Gasteiger partial charge in [0, 0.05) is 23.3 Å². The molecule has 3 aromatic rings. The van der Waals surface area contributed by atoms with Crippen LogP contribution in [0, 0.1) is 11.3 Å². The average molecular weight is 594 g/mol. The molecule has 1 aliphatic rings. The van der Waals surface area contributed by atoms with Crippen LogP contribution in [-0.4, -0.2) is 72.6 Å². The molecule has 5 atom stereocenters. The lowest BCUT2D eigenvalue weighted by Crippen LogP contribution is -2.68. The minimum Gasteiger partial charge on any atom is -0.394 e. The van der Waals surface area contributed by atoms with Gasteiger partial charge in [-0.15, -0.1) is 17.7 Å². The van der Waals surface area contributed by atoms with Crippen LogP contribution < -0.4 is 0 Å². The Bertz CT molecular complexity index is 1200. The van der Waals surface area contributed by atoms with Gasteiger partial charge in [0.2, 0.25) is 0 Å². The van der Waals surface area contributed by atoms with Gasteiger partial charge >= 0.3 is 0 Å². The van der Waals surface area contributed by atoms with Crippen molar-refractivity contribution in [2.75, 3.05) is 13.7 Å². The second-order valence-electron chi connectivity index (χ2n) is 6.97. The lowest BCUT2D eigenvalue weighted by molar-refractivity contribution is -0.213. The highest BCUT2D eigenvalue weighted by Gasteiger charge is 2.60. The maximum atomic E-state index is 11.5. The van der Waals surface area contributed by atoms with E-state index in [1.54, 1.807) is 6.07 Å². The zero-order chi connectivity index (χ0) is 23.9. The number of aliphatic hydroxyl groups is 2. The Morgan fingerprint density at radius 1 is 1.48 bits per heavy atom. The Morgan fingerprint density at radius 2 is 2.24 bits per heavy atom. The lowest BCUT2D eigenvalue weighted by Gasteiger charge is -2.51. The molecule has 0 unspecified atom stereocenters. The van der Waals surface area contributed by atoms with E-state index in [2.05, 4.69) is 48.8 Å². The van der Waals surface area contributed by atoms with E-state index in [0.29, 0.717) is 15.2 Å². The van der Waals surface area contributed by atoms with Crippen molar-refractivity contribution in [1.82, 2.24) is 25.0 Å². The largest absolute Gasteiger partial charge is 0.394 e. The third kappa shape index (κ3) is 4.07. The van der Waals surface area contributed by atoms with E-state index in [4.69, 9.17) is 32.7 Å². The van der Waals surface area contributed by atoms with Crippen molar-refractivity contribution in [3.63, 3.8) is 0 Å². The van der Waals surface area contributed by atoms with Gasteiger partial charge in [0.25, 0.3) is 0 Å². The second-order valence-corrected chi connectivity index (χ2v) is 10.4. The number of hydrogen-bond acceptors (Lipinski definition) is 11. The molecular formula is C18H15BrCl2N6O4S2. The molecule has 1 aliphatic heterocycles. The van der Waals surface area contributed by atoms with Crippen LogP contribution in [-0.2, 0) is 15.0 Å². The molecule has 0 aromatic carbocycles. The molecule has 15 heteroatoms. The number of thiazole rings is 1. The van der Waals surface area contributed by atoms with E-state index < -0.39 is 35.9 Å².